The Kier molecular flexibility index (Phi) is 6.14. The van der Waals surface area contributed by atoms with E-state index in [9.17, 15) is 14.7 Å². The fourth-order valence-electron chi connectivity index (χ4n) is 2.60. The number of rotatable bonds is 9. The second-order valence-corrected chi connectivity index (χ2v) is 4.96. The number of carbonyl (C=O) groups is 2. The molecule has 0 aromatic rings. The van der Waals surface area contributed by atoms with Gasteiger partial charge in [-0.1, -0.05) is 0 Å². The highest BCUT2D eigenvalue weighted by molar-refractivity contribution is 6.12. The van der Waals surface area contributed by atoms with E-state index in [1.165, 1.54) is 17.1 Å². The van der Waals surface area contributed by atoms with Gasteiger partial charge < -0.3 is 16.6 Å². The minimum absolute atomic E-state index is 0.0557. The zero-order chi connectivity index (χ0) is 14.3. The monoisotopic (exact) mass is 269 g/mol. The summed E-state index contributed by atoms with van der Waals surface area (Å²) in [6.45, 7) is 1.41. The number of hydrogen-bond acceptors (Lipinski definition) is 5. The summed E-state index contributed by atoms with van der Waals surface area (Å²) >= 11 is 0. The molecule has 1 aliphatic heterocycles. The average molecular weight is 269 g/mol. The summed E-state index contributed by atoms with van der Waals surface area (Å²) in [7, 11) is 0. The number of carbonyl (C=O) groups excluding carboxylic acids is 2. The van der Waals surface area contributed by atoms with Gasteiger partial charge in [-0.15, -0.1) is 0 Å². The smallest absolute Gasteiger partial charge is 0.253 e. The van der Waals surface area contributed by atoms with Crippen LogP contribution in [0.15, 0.2) is 12.2 Å². The first-order valence-electron chi connectivity index (χ1n) is 6.63. The maximum Gasteiger partial charge on any atom is 0.253 e. The van der Waals surface area contributed by atoms with Gasteiger partial charge in [0.1, 0.15) is 0 Å². The first-order valence-corrected chi connectivity index (χ1v) is 6.63. The van der Waals surface area contributed by atoms with E-state index in [2.05, 4.69) is 0 Å². The summed E-state index contributed by atoms with van der Waals surface area (Å²) in [5, 5.41) is 9.21. The van der Waals surface area contributed by atoms with E-state index in [0.29, 0.717) is 32.5 Å². The third-order valence-electron chi connectivity index (χ3n) is 3.76. The van der Waals surface area contributed by atoms with Crippen molar-refractivity contribution in [2.24, 2.45) is 16.9 Å². The van der Waals surface area contributed by atoms with Gasteiger partial charge in [0.05, 0.1) is 0 Å². The highest BCUT2D eigenvalue weighted by Gasteiger charge is 2.31. The van der Waals surface area contributed by atoms with Crippen LogP contribution < -0.4 is 11.5 Å². The number of nitrogens with two attached hydrogens (primary N) is 2. The summed E-state index contributed by atoms with van der Waals surface area (Å²) < 4.78 is 0. The first-order chi connectivity index (χ1) is 9.08. The van der Waals surface area contributed by atoms with E-state index >= 15 is 0 Å². The fraction of sp³-hybridized carbons (Fsp3) is 0.692. The number of aliphatic hydroxyl groups excluding tert-OH is 1. The van der Waals surface area contributed by atoms with Gasteiger partial charge in [0.25, 0.3) is 11.8 Å². The van der Waals surface area contributed by atoms with Crippen molar-refractivity contribution in [2.75, 3.05) is 26.2 Å². The number of amides is 2. The van der Waals surface area contributed by atoms with Gasteiger partial charge in [0.2, 0.25) is 0 Å². The van der Waals surface area contributed by atoms with E-state index in [0.717, 1.165) is 12.8 Å². The maximum absolute atomic E-state index is 11.5. The topological polar surface area (TPSA) is 110 Å². The van der Waals surface area contributed by atoms with Crippen molar-refractivity contribution in [3.63, 3.8) is 0 Å². The van der Waals surface area contributed by atoms with E-state index in [4.69, 9.17) is 11.5 Å². The Labute approximate surface area is 113 Å². The minimum Gasteiger partial charge on any atom is -0.396 e. The van der Waals surface area contributed by atoms with Crippen molar-refractivity contribution in [1.29, 1.82) is 0 Å². The number of aliphatic hydroxyl groups is 1. The Morgan fingerprint density at radius 1 is 1.00 bits per heavy atom. The molecule has 0 aromatic carbocycles. The maximum atomic E-state index is 11.5. The molecule has 5 N–H and O–H groups in total. The van der Waals surface area contributed by atoms with E-state index in [1.807, 2.05) is 0 Å². The molecule has 1 rings (SSSR count). The second-order valence-electron chi connectivity index (χ2n) is 4.96. The molecule has 0 aliphatic carbocycles. The van der Waals surface area contributed by atoms with Crippen LogP contribution in [0.1, 0.15) is 25.7 Å². The van der Waals surface area contributed by atoms with E-state index in [1.54, 1.807) is 0 Å². The Hall–Kier alpha value is -1.24. The summed E-state index contributed by atoms with van der Waals surface area (Å²) in [6, 6.07) is 0. The lowest BCUT2D eigenvalue weighted by molar-refractivity contribution is -0.137. The lowest BCUT2D eigenvalue weighted by atomic mass is 9.75. The summed E-state index contributed by atoms with van der Waals surface area (Å²) in [5.74, 6) is -0.549. The summed E-state index contributed by atoms with van der Waals surface area (Å²) in [6.07, 6.45) is 5.23. The molecule has 0 spiro atoms. The highest BCUT2D eigenvalue weighted by atomic mass is 16.3. The molecule has 6 heteroatoms. The summed E-state index contributed by atoms with van der Waals surface area (Å²) in [5.41, 5.74) is 11.1. The summed E-state index contributed by atoms with van der Waals surface area (Å²) in [4.78, 5) is 24.2. The van der Waals surface area contributed by atoms with Gasteiger partial charge in [0.15, 0.2) is 0 Å². The van der Waals surface area contributed by atoms with Crippen molar-refractivity contribution >= 4 is 11.8 Å². The van der Waals surface area contributed by atoms with Crippen LogP contribution in [0, 0.1) is 5.41 Å². The molecule has 6 nitrogen and oxygen atoms in total. The van der Waals surface area contributed by atoms with Gasteiger partial charge in [-0.25, -0.2) is 0 Å². The van der Waals surface area contributed by atoms with Crippen LogP contribution in [-0.4, -0.2) is 48.1 Å². The third kappa shape index (κ3) is 4.12. The zero-order valence-corrected chi connectivity index (χ0v) is 11.2. The molecule has 108 valence electrons. The van der Waals surface area contributed by atoms with Crippen LogP contribution in [0.25, 0.3) is 0 Å². The number of hydrogen-bond donors (Lipinski definition) is 3. The van der Waals surface area contributed by atoms with Gasteiger partial charge in [0, 0.05) is 25.3 Å². The van der Waals surface area contributed by atoms with Crippen LogP contribution in [-0.2, 0) is 9.59 Å². The Morgan fingerprint density at radius 3 is 1.95 bits per heavy atom. The average Bonchev–Trinajstić information content (AvgIpc) is 2.68. The molecular weight excluding hydrogens is 246 g/mol. The van der Waals surface area contributed by atoms with Crippen molar-refractivity contribution in [2.45, 2.75) is 25.7 Å². The number of imide groups is 1. The minimum atomic E-state index is -0.275. The Morgan fingerprint density at radius 2 is 1.53 bits per heavy atom. The molecule has 0 aromatic heterocycles. The van der Waals surface area contributed by atoms with Gasteiger partial charge in [-0.3, -0.25) is 14.5 Å². The normalized spacial score (nSPS) is 15.6. The van der Waals surface area contributed by atoms with Crippen molar-refractivity contribution in [3.8, 4) is 0 Å². The number of nitrogens with zero attached hydrogens (tertiary/aromatic N) is 1. The first kappa shape index (κ1) is 15.8. The molecule has 0 fully saturated rings. The van der Waals surface area contributed by atoms with Gasteiger partial charge in [-0.2, -0.15) is 0 Å². The third-order valence-corrected chi connectivity index (χ3v) is 3.76. The molecule has 1 heterocycles. The van der Waals surface area contributed by atoms with Gasteiger partial charge >= 0.3 is 0 Å². The predicted octanol–water partition coefficient (Wildman–Crippen LogP) is -0.632. The van der Waals surface area contributed by atoms with E-state index in [-0.39, 0.29) is 23.8 Å². The predicted molar refractivity (Wildman–Crippen MR) is 72.0 cm³/mol. The van der Waals surface area contributed by atoms with Crippen LogP contribution >= 0.6 is 0 Å². The largest absolute Gasteiger partial charge is 0.396 e. The molecule has 2 amide bonds. The fourth-order valence-corrected chi connectivity index (χ4v) is 2.60. The van der Waals surface area contributed by atoms with Crippen molar-refractivity contribution in [3.05, 3.63) is 12.2 Å². The van der Waals surface area contributed by atoms with Crippen LogP contribution in [0.5, 0.6) is 0 Å². The zero-order valence-electron chi connectivity index (χ0n) is 11.2. The van der Waals surface area contributed by atoms with E-state index < -0.39 is 0 Å². The molecular formula is C13H23N3O3. The van der Waals surface area contributed by atoms with Crippen LogP contribution in [0.4, 0.5) is 0 Å². The molecule has 0 unspecified atom stereocenters. The van der Waals surface area contributed by atoms with Gasteiger partial charge in [-0.05, 0) is 44.2 Å². The van der Waals surface area contributed by atoms with Crippen molar-refractivity contribution < 1.29 is 14.7 Å². The molecule has 0 saturated heterocycles. The quantitative estimate of drug-likeness (QED) is 0.483. The lowest BCUT2D eigenvalue weighted by Crippen LogP contribution is -2.37. The SMILES string of the molecule is NCCC(CCN)(CCO)CCN1C(=O)C=CC1=O. The van der Waals surface area contributed by atoms with Crippen LogP contribution in [0.3, 0.4) is 0 Å². The molecule has 19 heavy (non-hydrogen) atoms. The molecule has 0 bridgehead atoms. The lowest BCUT2D eigenvalue weighted by Gasteiger charge is -2.34. The van der Waals surface area contributed by atoms with Crippen molar-refractivity contribution in [1.82, 2.24) is 4.90 Å². The Balaban J connectivity index is 2.66. The van der Waals surface area contributed by atoms with Crippen LogP contribution in [0.2, 0.25) is 0 Å². The molecule has 0 atom stereocenters. The molecule has 1 aliphatic rings. The molecule has 0 radical (unpaired) electrons. The molecule has 0 saturated carbocycles. The highest BCUT2D eigenvalue weighted by Crippen LogP contribution is 2.34. The Bertz CT molecular complexity index is 320. The standard InChI is InChI=1S/C13H23N3O3/c14-7-3-13(4-8-15,6-10-17)5-9-16-11(18)1-2-12(16)19/h1-2,17H,3-10,14-15H2. The second kappa shape index (κ2) is 7.37.